The van der Waals surface area contributed by atoms with Crippen LogP contribution < -0.4 is 0 Å². The van der Waals surface area contributed by atoms with Gasteiger partial charge in [-0.05, 0) is 32.4 Å². The Morgan fingerprint density at radius 1 is 1.24 bits per heavy atom. The average Bonchev–Trinajstić information content (AvgIpc) is 2.91. The first kappa shape index (κ1) is 12.6. The first-order valence-electron chi connectivity index (χ1n) is 6.08. The Kier molecular flexibility index (Phi) is 3.27. The molecule has 17 heavy (non-hydrogen) atoms. The zero-order chi connectivity index (χ0) is 12.6. The summed E-state index contributed by atoms with van der Waals surface area (Å²) in [4.78, 5) is 0.411. The summed E-state index contributed by atoms with van der Waals surface area (Å²) in [6.45, 7) is 6.02. The maximum Gasteiger partial charge on any atom is 0.243 e. The second-order valence-corrected chi connectivity index (χ2v) is 6.59. The molecule has 1 fully saturated rings. The van der Waals surface area contributed by atoms with Crippen molar-refractivity contribution < 1.29 is 8.42 Å². The largest absolute Gasteiger partial charge is 0.243 e. The van der Waals surface area contributed by atoms with E-state index in [1.807, 2.05) is 26.0 Å². The van der Waals surface area contributed by atoms with E-state index in [0.29, 0.717) is 4.90 Å². The van der Waals surface area contributed by atoms with Crippen molar-refractivity contribution >= 4 is 10.0 Å². The highest BCUT2D eigenvalue weighted by molar-refractivity contribution is 7.89. The minimum absolute atomic E-state index is 0.154. The number of nitrogens with zero attached hydrogens (tertiary/aromatic N) is 1. The van der Waals surface area contributed by atoms with E-state index in [-0.39, 0.29) is 12.1 Å². The van der Waals surface area contributed by atoms with Gasteiger partial charge in [0.1, 0.15) is 0 Å². The van der Waals surface area contributed by atoms with Crippen molar-refractivity contribution in [1.29, 1.82) is 0 Å². The molecule has 0 N–H and O–H groups in total. The summed E-state index contributed by atoms with van der Waals surface area (Å²) in [5.74, 6) is 0. The van der Waals surface area contributed by atoms with E-state index in [4.69, 9.17) is 0 Å². The third kappa shape index (κ3) is 2.24. The monoisotopic (exact) mass is 253 g/mol. The Hall–Kier alpha value is -0.870. The van der Waals surface area contributed by atoms with Gasteiger partial charge in [-0.3, -0.25) is 0 Å². The normalized spacial score (nSPS) is 28.1. The summed E-state index contributed by atoms with van der Waals surface area (Å²) >= 11 is 0. The second-order valence-electron chi connectivity index (χ2n) is 4.74. The first-order valence-corrected chi connectivity index (χ1v) is 7.52. The summed E-state index contributed by atoms with van der Waals surface area (Å²) in [7, 11) is -3.27. The van der Waals surface area contributed by atoms with Crippen molar-refractivity contribution in [2.75, 3.05) is 0 Å². The predicted molar refractivity (Wildman–Crippen MR) is 68.4 cm³/mol. The molecule has 1 aliphatic rings. The van der Waals surface area contributed by atoms with Gasteiger partial charge in [0, 0.05) is 12.1 Å². The Bertz CT molecular complexity index is 493. The second kappa shape index (κ2) is 4.42. The minimum Gasteiger partial charge on any atom is -0.207 e. The quantitative estimate of drug-likeness (QED) is 0.773. The van der Waals surface area contributed by atoms with Crippen LogP contribution in [0.4, 0.5) is 0 Å². The van der Waals surface area contributed by atoms with E-state index in [1.54, 1.807) is 16.4 Å². The van der Waals surface area contributed by atoms with Crippen LogP contribution >= 0.6 is 0 Å². The van der Waals surface area contributed by atoms with Gasteiger partial charge in [-0.25, -0.2) is 8.42 Å². The van der Waals surface area contributed by atoms with E-state index in [2.05, 4.69) is 6.92 Å². The smallest absolute Gasteiger partial charge is 0.207 e. The molecule has 1 aliphatic heterocycles. The summed E-state index contributed by atoms with van der Waals surface area (Å²) < 4.78 is 26.3. The first-order chi connectivity index (χ1) is 7.98. The third-order valence-corrected chi connectivity index (χ3v) is 5.40. The van der Waals surface area contributed by atoms with Crippen LogP contribution in [0.2, 0.25) is 0 Å². The van der Waals surface area contributed by atoms with Gasteiger partial charge in [-0.15, -0.1) is 0 Å². The average molecular weight is 253 g/mol. The van der Waals surface area contributed by atoms with Gasteiger partial charge in [-0.2, -0.15) is 4.31 Å². The molecule has 3 atom stereocenters. The van der Waals surface area contributed by atoms with E-state index in [0.717, 1.165) is 18.4 Å². The standard InChI is InChI=1S/C13H19NO2S/c1-4-5-13-11(3)14(13)17(15,16)12-8-6-10(2)7-9-12/h6-9,11,13H,4-5H2,1-3H3/t11-,13-,14?/m1/s1. The van der Waals surface area contributed by atoms with Crippen LogP contribution in [-0.2, 0) is 10.0 Å². The topological polar surface area (TPSA) is 37.1 Å². The van der Waals surface area contributed by atoms with Gasteiger partial charge in [-0.1, -0.05) is 31.0 Å². The van der Waals surface area contributed by atoms with Crippen LogP contribution in [0.25, 0.3) is 0 Å². The molecule has 0 radical (unpaired) electrons. The predicted octanol–water partition coefficient (Wildman–Crippen LogP) is 2.56. The molecule has 94 valence electrons. The van der Waals surface area contributed by atoms with Crippen molar-refractivity contribution in [2.45, 2.75) is 50.6 Å². The van der Waals surface area contributed by atoms with Crippen LogP contribution in [0.1, 0.15) is 32.3 Å². The van der Waals surface area contributed by atoms with Crippen LogP contribution in [0.3, 0.4) is 0 Å². The number of benzene rings is 1. The van der Waals surface area contributed by atoms with Gasteiger partial charge >= 0.3 is 0 Å². The highest BCUT2D eigenvalue weighted by Crippen LogP contribution is 2.38. The van der Waals surface area contributed by atoms with Crippen LogP contribution in [0, 0.1) is 6.92 Å². The summed E-state index contributed by atoms with van der Waals surface area (Å²) in [6.07, 6.45) is 1.97. The number of sulfonamides is 1. The number of aryl methyl sites for hydroxylation is 1. The maximum absolute atomic E-state index is 12.3. The Morgan fingerprint density at radius 3 is 2.35 bits per heavy atom. The molecule has 4 heteroatoms. The molecule has 1 aromatic carbocycles. The number of hydrogen-bond acceptors (Lipinski definition) is 2. The Morgan fingerprint density at radius 2 is 1.82 bits per heavy atom. The van der Waals surface area contributed by atoms with Crippen molar-refractivity contribution in [3.05, 3.63) is 29.8 Å². The van der Waals surface area contributed by atoms with E-state index >= 15 is 0 Å². The van der Waals surface area contributed by atoms with Crippen LogP contribution in [0.5, 0.6) is 0 Å². The fourth-order valence-electron chi connectivity index (χ4n) is 2.28. The summed E-state index contributed by atoms with van der Waals surface area (Å²) in [5, 5.41) is 0. The SMILES string of the molecule is CCC[C@@H]1[C@@H](C)N1S(=O)(=O)c1ccc(C)cc1. The zero-order valence-electron chi connectivity index (χ0n) is 10.6. The molecule has 0 aromatic heterocycles. The molecule has 0 aliphatic carbocycles. The van der Waals surface area contributed by atoms with Crippen molar-refractivity contribution in [2.24, 2.45) is 0 Å². The molecule has 3 nitrogen and oxygen atoms in total. The highest BCUT2D eigenvalue weighted by Gasteiger charge is 2.51. The Labute approximate surface area is 104 Å². The lowest BCUT2D eigenvalue weighted by Gasteiger charge is -2.06. The van der Waals surface area contributed by atoms with Gasteiger partial charge in [0.15, 0.2) is 0 Å². The van der Waals surface area contributed by atoms with E-state index in [9.17, 15) is 8.42 Å². The molecule has 1 saturated heterocycles. The lowest BCUT2D eigenvalue weighted by Crippen LogP contribution is -2.15. The van der Waals surface area contributed by atoms with Crippen LogP contribution in [0.15, 0.2) is 29.2 Å². The van der Waals surface area contributed by atoms with Gasteiger partial charge < -0.3 is 0 Å². The molecule has 0 saturated carbocycles. The molecule has 0 amide bonds. The van der Waals surface area contributed by atoms with Gasteiger partial charge in [0.05, 0.1) is 4.90 Å². The third-order valence-electron chi connectivity index (χ3n) is 3.38. The number of hydrogen-bond donors (Lipinski definition) is 0. The molecule has 1 heterocycles. The van der Waals surface area contributed by atoms with Crippen LogP contribution in [-0.4, -0.2) is 24.8 Å². The molecule has 1 aromatic rings. The molecule has 2 rings (SSSR count). The maximum atomic E-state index is 12.3. The fourth-order valence-corrected chi connectivity index (χ4v) is 4.16. The molecule has 0 bridgehead atoms. The summed E-state index contributed by atoms with van der Waals surface area (Å²) in [6, 6.07) is 7.43. The van der Waals surface area contributed by atoms with Crippen molar-refractivity contribution in [3.63, 3.8) is 0 Å². The lowest BCUT2D eigenvalue weighted by atomic mass is 10.2. The minimum atomic E-state index is -3.27. The molecular weight excluding hydrogens is 234 g/mol. The Balaban J connectivity index is 2.23. The van der Waals surface area contributed by atoms with Gasteiger partial charge in [0.25, 0.3) is 0 Å². The molecular formula is C13H19NO2S. The van der Waals surface area contributed by atoms with E-state index < -0.39 is 10.0 Å². The highest BCUT2D eigenvalue weighted by atomic mass is 32.2. The van der Waals surface area contributed by atoms with Crippen molar-refractivity contribution in [1.82, 2.24) is 4.31 Å². The fraction of sp³-hybridized carbons (Fsp3) is 0.538. The number of rotatable bonds is 4. The van der Waals surface area contributed by atoms with Gasteiger partial charge in [0.2, 0.25) is 10.0 Å². The van der Waals surface area contributed by atoms with E-state index in [1.165, 1.54) is 0 Å². The zero-order valence-corrected chi connectivity index (χ0v) is 11.4. The lowest BCUT2D eigenvalue weighted by molar-refractivity contribution is 0.542. The summed E-state index contributed by atoms with van der Waals surface area (Å²) in [5.41, 5.74) is 1.08. The molecule has 1 unspecified atom stereocenters. The van der Waals surface area contributed by atoms with Crippen molar-refractivity contribution in [3.8, 4) is 0 Å². The molecule has 0 spiro atoms.